The summed E-state index contributed by atoms with van der Waals surface area (Å²) in [5, 5.41) is 0. The minimum Gasteiger partial charge on any atom is -0.387 e. The van der Waals surface area contributed by atoms with Gasteiger partial charge in [-0.1, -0.05) is 0 Å². The molecule has 2 heteroatoms. The second-order valence-electron chi connectivity index (χ2n) is 3.98. The van der Waals surface area contributed by atoms with Gasteiger partial charge >= 0.3 is 0 Å². The zero-order valence-corrected chi connectivity index (χ0v) is 7.02. The SMILES string of the molecule is CC(C)(C)N=C(N)C1CC1. The van der Waals surface area contributed by atoms with E-state index in [1.54, 1.807) is 0 Å². The van der Waals surface area contributed by atoms with Gasteiger partial charge < -0.3 is 5.73 Å². The van der Waals surface area contributed by atoms with E-state index in [0.29, 0.717) is 5.92 Å². The van der Waals surface area contributed by atoms with Crippen LogP contribution in [0.5, 0.6) is 0 Å². The summed E-state index contributed by atoms with van der Waals surface area (Å²) in [6.07, 6.45) is 2.48. The normalized spacial score (nSPS) is 21.3. The summed E-state index contributed by atoms with van der Waals surface area (Å²) in [4.78, 5) is 4.37. The molecular weight excluding hydrogens is 124 g/mol. The number of aliphatic imine (C=N–C) groups is 1. The maximum Gasteiger partial charge on any atom is 0.0974 e. The van der Waals surface area contributed by atoms with Gasteiger partial charge in [-0.15, -0.1) is 0 Å². The molecule has 10 heavy (non-hydrogen) atoms. The number of hydrogen-bond acceptors (Lipinski definition) is 1. The van der Waals surface area contributed by atoms with Gasteiger partial charge in [0.15, 0.2) is 0 Å². The molecule has 0 aromatic carbocycles. The van der Waals surface area contributed by atoms with E-state index in [1.807, 2.05) is 0 Å². The molecular formula is C8H16N2. The van der Waals surface area contributed by atoms with Gasteiger partial charge in [0.05, 0.1) is 11.4 Å². The van der Waals surface area contributed by atoms with E-state index in [2.05, 4.69) is 25.8 Å². The van der Waals surface area contributed by atoms with Crippen LogP contribution in [0.3, 0.4) is 0 Å². The molecule has 0 bridgehead atoms. The van der Waals surface area contributed by atoms with Crippen molar-refractivity contribution in [1.29, 1.82) is 0 Å². The monoisotopic (exact) mass is 140 g/mol. The summed E-state index contributed by atoms with van der Waals surface area (Å²) in [6, 6.07) is 0. The molecule has 0 aromatic heterocycles. The fourth-order valence-electron chi connectivity index (χ4n) is 0.858. The molecule has 0 aromatic rings. The Labute approximate surface area is 62.5 Å². The van der Waals surface area contributed by atoms with Crippen molar-refractivity contribution in [2.75, 3.05) is 0 Å². The van der Waals surface area contributed by atoms with Crippen LogP contribution in [0, 0.1) is 5.92 Å². The van der Waals surface area contributed by atoms with Crippen molar-refractivity contribution in [2.24, 2.45) is 16.6 Å². The molecule has 1 aliphatic carbocycles. The topological polar surface area (TPSA) is 38.4 Å². The highest BCUT2D eigenvalue weighted by Crippen LogP contribution is 2.29. The number of amidine groups is 1. The third-order valence-corrected chi connectivity index (χ3v) is 1.46. The van der Waals surface area contributed by atoms with Gasteiger partial charge in [0.25, 0.3) is 0 Å². The minimum atomic E-state index is 0.00662. The molecule has 2 nitrogen and oxygen atoms in total. The van der Waals surface area contributed by atoms with E-state index >= 15 is 0 Å². The molecule has 0 spiro atoms. The largest absolute Gasteiger partial charge is 0.387 e. The summed E-state index contributed by atoms with van der Waals surface area (Å²) in [5.74, 6) is 1.46. The number of nitrogens with zero attached hydrogens (tertiary/aromatic N) is 1. The lowest BCUT2D eigenvalue weighted by atomic mass is 10.1. The van der Waals surface area contributed by atoms with Crippen molar-refractivity contribution in [3.8, 4) is 0 Å². The van der Waals surface area contributed by atoms with Gasteiger partial charge in [0.2, 0.25) is 0 Å². The van der Waals surface area contributed by atoms with Crippen LogP contribution in [0.15, 0.2) is 4.99 Å². The molecule has 0 radical (unpaired) electrons. The van der Waals surface area contributed by atoms with Crippen molar-refractivity contribution in [3.63, 3.8) is 0 Å². The van der Waals surface area contributed by atoms with E-state index in [1.165, 1.54) is 12.8 Å². The molecule has 0 saturated heterocycles. The average Bonchev–Trinajstić information content (AvgIpc) is 2.35. The van der Waals surface area contributed by atoms with Gasteiger partial charge in [-0.25, -0.2) is 0 Å². The van der Waals surface area contributed by atoms with E-state index in [0.717, 1.165) is 5.84 Å². The van der Waals surface area contributed by atoms with Crippen LogP contribution >= 0.6 is 0 Å². The van der Waals surface area contributed by atoms with Gasteiger partial charge in [-0.3, -0.25) is 4.99 Å². The lowest BCUT2D eigenvalue weighted by molar-refractivity contribution is 0.580. The zero-order chi connectivity index (χ0) is 7.78. The van der Waals surface area contributed by atoms with Crippen LogP contribution in [0.4, 0.5) is 0 Å². The Morgan fingerprint density at radius 3 is 2.20 bits per heavy atom. The third-order valence-electron chi connectivity index (χ3n) is 1.46. The summed E-state index contributed by atoms with van der Waals surface area (Å²) in [6.45, 7) is 6.22. The second-order valence-corrected chi connectivity index (χ2v) is 3.98. The number of nitrogens with two attached hydrogens (primary N) is 1. The predicted molar refractivity (Wildman–Crippen MR) is 44.1 cm³/mol. The van der Waals surface area contributed by atoms with Crippen molar-refractivity contribution in [1.82, 2.24) is 0 Å². The maximum absolute atomic E-state index is 5.72. The molecule has 1 aliphatic rings. The van der Waals surface area contributed by atoms with Gasteiger partial charge in [0.1, 0.15) is 0 Å². The first-order valence-electron chi connectivity index (χ1n) is 3.84. The molecule has 1 fully saturated rings. The van der Waals surface area contributed by atoms with Crippen LogP contribution in [-0.4, -0.2) is 11.4 Å². The van der Waals surface area contributed by atoms with E-state index in [-0.39, 0.29) is 5.54 Å². The lowest BCUT2D eigenvalue weighted by Gasteiger charge is -2.12. The fourth-order valence-corrected chi connectivity index (χ4v) is 0.858. The van der Waals surface area contributed by atoms with Crippen LogP contribution < -0.4 is 5.73 Å². The Morgan fingerprint density at radius 1 is 1.40 bits per heavy atom. The third kappa shape index (κ3) is 2.38. The van der Waals surface area contributed by atoms with E-state index in [9.17, 15) is 0 Å². The molecule has 1 rings (SSSR count). The van der Waals surface area contributed by atoms with Crippen molar-refractivity contribution < 1.29 is 0 Å². The number of hydrogen-bond donors (Lipinski definition) is 1. The number of rotatable bonds is 1. The Balaban J connectivity index is 2.51. The maximum atomic E-state index is 5.72. The summed E-state index contributed by atoms with van der Waals surface area (Å²) in [5.41, 5.74) is 5.72. The van der Waals surface area contributed by atoms with Crippen molar-refractivity contribution in [2.45, 2.75) is 39.2 Å². The molecule has 0 aliphatic heterocycles. The highest BCUT2D eigenvalue weighted by Gasteiger charge is 2.26. The molecule has 1 saturated carbocycles. The second kappa shape index (κ2) is 2.26. The Bertz CT molecular complexity index is 149. The van der Waals surface area contributed by atoms with Crippen LogP contribution in [0.25, 0.3) is 0 Å². The van der Waals surface area contributed by atoms with Crippen LogP contribution in [0.2, 0.25) is 0 Å². The van der Waals surface area contributed by atoms with Gasteiger partial charge in [-0.05, 0) is 33.6 Å². The predicted octanol–water partition coefficient (Wildman–Crippen LogP) is 1.55. The standard InChI is InChI=1S/C8H16N2/c1-8(2,3)10-7(9)6-4-5-6/h6H,4-5H2,1-3H3,(H2,9,10). The molecule has 0 atom stereocenters. The van der Waals surface area contributed by atoms with Crippen LogP contribution in [-0.2, 0) is 0 Å². The van der Waals surface area contributed by atoms with E-state index < -0.39 is 0 Å². The summed E-state index contributed by atoms with van der Waals surface area (Å²) < 4.78 is 0. The van der Waals surface area contributed by atoms with E-state index in [4.69, 9.17) is 5.73 Å². The summed E-state index contributed by atoms with van der Waals surface area (Å²) >= 11 is 0. The van der Waals surface area contributed by atoms with Gasteiger partial charge in [0, 0.05) is 5.92 Å². The zero-order valence-electron chi connectivity index (χ0n) is 7.02. The van der Waals surface area contributed by atoms with Gasteiger partial charge in [-0.2, -0.15) is 0 Å². The quantitative estimate of drug-likeness (QED) is 0.435. The van der Waals surface area contributed by atoms with Crippen molar-refractivity contribution in [3.05, 3.63) is 0 Å². The first-order valence-corrected chi connectivity index (χ1v) is 3.84. The highest BCUT2D eigenvalue weighted by atomic mass is 14.9. The first-order chi connectivity index (χ1) is 4.49. The molecule has 0 amide bonds. The Morgan fingerprint density at radius 2 is 1.90 bits per heavy atom. The fraction of sp³-hybridized carbons (Fsp3) is 0.875. The summed E-state index contributed by atoms with van der Waals surface area (Å²) in [7, 11) is 0. The average molecular weight is 140 g/mol. The molecule has 58 valence electrons. The smallest absolute Gasteiger partial charge is 0.0974 e. The highest BCUT2D eigenvalue weighted by molar-refractivity contribution is 5.85. The Kier molecular flexibility index (Phi) is 1.71. The molecule has 0 unspecified atom stereocenters. The first kappa shape index (κ1) is 7.58. The molecule has 0 heterocycles. The minimum absolute atomic E-state index is 0.00662. The van der Waals surface area contributed by atoms with Crippen LogP contribution in [0.1, 0.15) is 33.6 Å². The Hall–Kier alpha value is -0.530. The molecule has 2 N–H and O–H groups in total. The lowest BCUT2D eigenvalue weighted by Crippen LogP contribution is -2.21. The van der Waals surface area contributed by atoms with Crippen molar-refractivity contribution >= 4 is 5.84 Å².